The molecule has 7 heteroatoms. The number of halogens is 1. The second-order valence-electron chi connectivity index (χ2n) is 7.24. The van der Waals surface area contributed by atoms with Crippen LogP contribution in [-0.2, 0) is 4.79 Å². The normalized spacial score (nSPS) is 13.2. The third-order valence-electron chi connectivity index (χ3n) is 4.94. The van der Waals surface area contributed by atoms with E-state index in [1.54, 1.807) is 41.1 Å². The monoisotopic (exact) mass is 408 g/mol. The Kier molecular flexibility index (Phi) is 5.11. The summed E-state index contributed by atoms with van der Waals surface area (Å²) in [7, 11) is 0. The van der Waals surface area contributed by atoms with Crippen LogP contribution in [0.1, 0.15) is 34.6 Å². The summed E-state index contributed by atoms with van der Waals surface area (Å²) in [4.78, 5) is 24.3. The Morgan fingerprint density at radius 3 is 2.07 bits per heavy atom. The number of nitrogens with zero attached hydrogens (tertiary/aromatic N) is 2. The van der Waals surface area contributed by atoms with Crippen molar-refractivity contribution in [3.05, 3.63) is 70.5 Å². The Labute approximate surface area is 173 Å². The highest BCUT2D eigenvalue weighted by Gasteiger charge is 2.29. The van der Waals surface area contributed by atoms with Crippen LogP contribution in [0.25, 0.3) is 5.69 Å². The average molecular weight is 409 g/mol. The molecule has 1 saturated carbocycles. The van der Waals surface area contributed by atoms with Crippen LogP contribution in [0.15, 0.2) is 48.5 Å². The lowest BCUT2D eigenvalue weighted by molar-refractivity contribution is -0.117. The maximum atomic E-state index is 12.5. The van der Waals surface area contributed by atoms with E-state index in [1.165, 1.54) is 0 Å². The number of nitrogens with one attached hydrogen (secondary N) is 2. The van der Waals surface area contributed by atoms with E-state index >= 15 is 0 Å². The molecule has 148 valence electrons. The zero-order valence-corrected chi connectivity index (χ0v) is 17.0. The first-order valence-corrected chi connectivity index (χ1v) is 9.84. The first-order chi connectivity index (χ1) is 13.9. The van der Waals surface area contributed by atoms with Gasteiger partial charge in [-0.15, -0.1) is 0 Å². The molecule has 0 aliphatic heterocycles. The molecule has 1 fully saturated rings. The number of carbonyl (C=O) groups excluding carboxylic acids is 2. The van der Waals surface area contributed by atoms with E-state index in [0.717, 1.165) is 35.6 Å². The molecule has 0 bridgehead atoms. The smallest absolute Gasteiger partial charge is 0.255 e. The first-order valence-electron chi connectivity index (χ1n) is 9.47. The van der Waals surface area contributed by atoms with Crippen molar-refractivity contribution in [1.82, 2.24) is 9.78 Å². The number of carbonyl (C=O) groups is 2. The third-order valence-corrected chi connectivity index (χ3v) is 5.48. The summed E-state index contributed by atoms with van der Waals surface area (Å²) >= 11 is 6.21. The van der Waals surface area contributed by atoms with E-state index in [9.17, 15) is 9.59 Å². The van der Waals surface area contributed by atoms with Crippen molar-refractivity contribution in [1.29, 1.82) is 0 Å². The molecular weight excluding hydrogens is 388 g/mol. The Morgan fingerprint density at radius 2 is 1.55 bits per heavy atom. The summed E-state index contributed by atoms with van der Waals surface area (Å²) < 4.78 is 1.76. The van der Waals surface area contributed by atoms with Crippen LogP contribution in [0, 0.1) is 19.8 Å². The van der Waals surface area contributed by atoms with Crippen molar-refractivity contribution in [3.8, 4) is 5.69 Å². The summed E-state index contributed by atoms with van der Waals surface area (Å²) in [6.45, 7) is 3.76. The number of aromatic nitrogens is 2. The van der Waals surface area contributed by atoms with Gasteiger partial charge in [-0.25, -0.2) is 4.68 Å². The van der Waals surface area contributed by atoms with Crippen molar-refractivity contribution in [2.45, 2.75) is 26.7 Å². The van der Waals surface area contributed by atoms with Gasteiger partial charge >= 0.3 is 0 Å². The van der Waals surface area contributed by atoms with Crippen LogP contribution >= 0.6 is 11.6 Å². The highest BCUT2D eigenvalue weighted by atomic mass is 35.5. The van der Waals surface area contributed by atoms with E-state index in [4.69, 9.17) is 11.6 Å². The molecule has 3 aromatic rings. The molecule has 0 radical (unpaired) electrons. The van der Waals surface area contributed by atoms with Crippen molar-refractivity contribution in [3.63, 3.8) is 0 Å². The van der Waals surface area contributed by atoms with E-state index in [-0.39, 0.29) is 17.7 Å². The van der Waals surface area contributed by atoms with Crippen LogP contribution in [0.2, 0.25) is 5.02 Å². The number of hydrogen-bond acceptors (Lipinski definition) is 3. The number of rotatable bonds is 5. The van der Waals surface area contributed by atoms with Crippen LogP contribution in [0.5, 0.6) is 0 Å². The molecule has 0 spiro atoms. The summed E-state index contributed by atoms with van der Waals surface area (Å²) in [5.74, 6) is 0.00584. The van der Waals surface area contributed by atoms with E-state index in [2.05, 4.69) is 15.7 Å². The molecule has 0 atom stereocenters. The highest BCUT2D eigenvalue weighted by Crippen LogP contribution is 2.30. The number of benzene rings is 2. The molecule has 1 aliphatic rings. The number of anilines is 2. The zero-order valence-electron chi connectivity index (χ0n) is 16.2. The van der Waals surface area contributed by atoms with E-state index < -0.39 is 0 Å². The van der Waals surface area contributed by atoms with Gasteiger partial charge in [-0.3, -0.25) is 9.59 Å². The third kappa shape index (κ3) is 4.17. The number of hydrogen-bond donors (Lipinski definition) is 2. The Balaban J connectivity index is 1.41. The lowest BCUT2D eigenvalue weighted by Gasteiger charge is -2.09. The van der Waals surface area contributed by atoms with Gasteiger partial charge in [0.2, 0.25) is 5.91 Å². The van der Waals surface area contributed by atoms with Gasteiger partial charge in [0.1, 0.15) is 0 Å². The van der Waals surface area contributed by atoms with Crippen LogP contribution in [0.3, 0.4) is 0 Å². The molecule has 2 N–H and O–H groups in total. The maximum Gasteiger partial charge on any atom is 0.255 e. The number of amides is 2. The first kappa shape index (κ1) is 19.2. The fraction of sp³-hybridized carbons (Fsp3) is 0.227. The molecule has 4 rings (SSSR count). The fourth-order valence-electron chi connectivity index (χ4n) is 3.06. The molecule has 2 amide bonds. The Bertz CT molecular complexity index is 1070. The van der Waals surface area contributed by atoms with E-state index in [0.29, 0.717) is 16.3 Å². The largest absolute Gasteiger partial charge is 0.326 e. The average Bonchev–Trinajstić information content (AvgIpc) is 3.54. The summed E-state index contributed by atoms with van der Waals surface area (Å²) in [6.07, 6.45) is 1.93. The molecule has 2 aromatic carbocycles. The Morgan fingerprint density at radius 1 is 0.966 bits per heavy atom. The molecule has 1 aromatic heterocycles. The minimum atomic E-state index is -0.210. The van der Waals surface area contributed by atoms with Gasteiger partial charge in [0.25, 0.3) is 5.91 Å². The van der Waals surface area contributed by atoms with Crippen molar-refractivity contribution in [2.24, 2.45) is 5.92 Å². The van der Waals surface area contributed by atoms with Gasteiger partial charge in [-0.2, -0.15) is 5.10 Å². The molecule has 0 unspecified atom stereocenters. The topological polar surface area (TPSA) is 76.0 Å². The second-order valence-corrected chi connectivity index (χ2v) is 7.62. The van der Waals surface area contributed by atoms with Crippen LogP contribution in [0.4, 0.5) is 11.4 Å². The molecule has 1 heterocycles. The van der Waals surface area contributed by atoms with Crippen LogP contribution < -0.4 is 10.6 Å². The second kappa shape index (κ2) is 7.72. The quantitative estimate of drug-likeness (QED) is 0.640. The van der Waals surface area contributed by atoms with Gasteiger partial charge in [-0.1, -0.05) is 11.6 Å². The minimum absolute atomic E-state index is 0.0609. The summed E-state index contributed by atoms with van der Waals surface area (Å²) in [5.41, 5.74) is 4.39. The van der Waals surface area contributed by atoms with Crippen molar-refractivity contribution < 1.29 is 9.59 Å². The number of aryl methyl sites for hydroxylation is 1. The van der Waals surface area contributed by atoms with E-state index in [1.807, 2.05) is 26.0 Å². The molecule has 6 nitrogen and oxygen atoms in total. The van der Waals surface area contributed by atoms with Crippen molar-refractivity contribution >= 4 is 34.8 Å². The van der Waals surface area contributed by atoms with Gasteiger partial charge in [0.05, 0.1) is 22.1 Å². The summed E-state index contributed by atoms with van der Waals surface area (Å²) in [5, 5.41) is 10.8. The van der Waals surface area contributed by atoms with Gasteiger partial charge < -0.3 is 10.6 Å². The van der Waals surface area contributed by atoms with Gasteiger partial charge in [-0.05, 0) is 75.2 Å². The molecule has 1 aliphatic carbocycles. The standard InChI is InChI=1S/C22H21ClN4O2/c1-13-20(23)14(2)27(26-13)19-11-5-16(6-12-19)22(29)25-18-9-7-17(8-10-18)24-21(28)15-3-4-15/h5-12,15H,3-4H2,1-2H3,(H,24,28)(H,25,29). The fourth-order valence-corrected chi connectivity index (χ4v) is 3.18. The molecular formula is C22H21ClN4O2. The Hall–Kier alpha value is -3.12. The lowest BCUT2D eigenvalue weighted by atomic mass is 10.2. The van der Waals surface area contributed by atoms with Gasteiger partial charge in [0, 0.05) is 22.9 Å². The van der Waals surface area contributed by atoms with Gasteiger partial charge in [0.15, 0.2) is 0 Å². The maximum absolute atomic E-state index is 12.5. The molecule has 29 heavy (non-hydrogen) atoms. The minimum Gasteiger partial charge on any atom is -0.326 e. The van der Waals surface area contributed by atoms with Crippen molar-refractivity contribution in [2.75, 3.05) is 10.6 Å². The SMILES string of the molecule is Cc1nn(-c2ccc(C(=O)Nc3ccc(NC(=O)C4CC4)cc3)cc2)c(C)c1Cl. The highest BCUT2D eigenvalue weighted by molar-refractivity contribution is 6.31. The van der Waals surface area contributed by atoms with Crippen LogP contribution in [-0.4, -0.2) is 21.6 Å². The predicted molar refractivity (Wildman–Crippen MR) is 114 cm³/mol. The zero-order chi connectivity index (χ0) is 20.5. The molecule has 0 saturated heterocycles. The summed E-state index contributed by atoms with van der Waals surface area (Å²) in [6, 6.07) is 14.3. The predicted octanol–water partition coefficient (Wildman–Crippen LogP) is 4.74. The lowest BCUT2D eigenvalue weighted by Crippen LogP contribution is -2.14.